The molecule has 0 aliphatic heterocycles. The number of nitrogens with zero attached hydrogens (tertiary/aromatic N) is 2. The SMILES string of the molecule is c1ccc(-c2ccc(-c3cccc(-n4c5ccccc5c5cc6c(cc54)c4ccccc4n6-c4cccc(-c5ccc6oc7ccccc7c6c5)c4)c3)cc2)cc1. The van der Waals surface area contributed by atoms with Crippen LogP contribution in [-0.2, 0) is 0 Å². The minimum absolute atomic E-state index is 0.908. The van der Waals surface area contributed by atoms with Crippen LogP contribution >= 0.6 is 0 Å². The molecule has 3 heteroatoms. The van der Waals surface area contributed by atoms with E-state index in [0.717, 1.165) is 44.4 Å². The highest BCUT2D eigenvalue weighted by Gasteiger charge is 2.19. The second-order valence-corrected chi connectivity index (χ2v) is 14.9. The van der Waals surface area contributed by atoms with Gasteiger partial charge in [-0.3, -0.25) is 0 Å². The summed E-state index contributed by atoms with van der Waals surface area (Å²) in [5.41, 5.74) is 16.0. The maximum absolute atomic E-state index is 6.16. The van der Waals surface area contributed by atoms with E-state index in [1.807, 2.05) is 12.1 Å². The van der Waals surface area contributed by atoms with E-state index in [9.17, 15) is 0 Å². The molecule has 0 spiro atoms. The predicted molar refractivity (Wildman–Crippen MR) is 239 cm³/mol. The zero-order valence-corrected chi connectivity index (χ0v) is 30.9. The normalized spacial score (nSPS) is 11.9. The molecule has 12 aromatic rings. The molecule has 0 saturated heterocycles. The van der Waals surface area contributed by atoms with Crippen molar-refractivity contribution in [2.75, 3.05) is 0 Å². The third-order valence-electron chi connectivity index (χ3n) is 11.7. The first-order valence-electron chi connectivity index (χ1n) is 19.5. The van der Waals surface area contributed by atoms with E-state index in [4.69, 9.17) is 4.42 Å². The Balaban J connectivity index is 1.02. The number of aromatic nitrogens is 2. The number of benzene rings is 9. The molecule has 0 N–H and O–H groups in total. The van der Waals surface area contributed by atoms with E-state index in [0.29, 0.717) is 0 Å². The topological polar surface area (TPSA) is 23.0 Å². The molecule has 0 atom stereocenters. The van der Waals surface area contributed by atoms with Gasteiger partial charge in [0.1, 0.15) is 11.2 Å². The minimum Gasteiger partial charge on any atom is -0.456 e. The fourth-order valence-corrected chi connectivity index (χ4v) is 9.03. The molecule has 266 valence electrons. The van der Waals surface area contributed by atoms with Gasteiger partial charge in [-0.05, 0) is 100 Å². The van der Waals surface area contributed by atoms with Crippen molar-refractivity contribution in [2.45, 2.75) is 0 Å². The Morgan fingerprint density at radius 3 is 1.32 bits per heavy atom. The van der Waals surface area contributed by atoms with Gasteiger partial charge < -0.3 is 13.6 Å². The summed E-state index contributed by atoms with van der Waals surface area (Å²) in [7, 11) is 0. The van der Waals surface area contributed by atoms with Gasteiger partial charge in [-0.25, -0.2) is 0 Å². The summed E-state index contributed by atoms with van der Waals surface area (Å²) in [6.45, 7) is 0. The maximum Gasteiger partial charge on any atom is 0.135 e. The van der Waals surface area contributed by atoms with E-state index in [-0.39, 0.29) is 0 Å². The van der Waals surface area contributed by atoms with Crippen molar-refractivity contribution >= 4 is 65.6 Å². The fourth-order valence-electron chi connectivity index (χ4n) is 9.03. The lowest BCUT2D eigenvalue weighted by atomic mass is 10.00. The molecular weight excluding hydrogens is 693 g/mol. The molecule has 12 rings (SSSR count). The Morgan fingerprint density at radius 2 is 0.684 bits per heavy atom. The fraction of sp³-hybridized carbons (Fsp3) is 0. The van der Waals surface area contributed by atoms with E-state index >= 15 is 0 Å². The van der Waals surface area contributed by atoms with Crippen molar-refractivity contribution in [3.8, 4) is 44.8 Å². The lowest BCUT2D eigenvalue weighted by molar-refractivity contribution is 0.669. The molecule has 57 heavy (non-hydrogen) atoms. The van der Waals surface area contributed by atoms with Gasteiger partial charge in [0, 0.05) is 43.7 Å². The van der Waals surface area contributed by atoms with Crippen molar-refractivity contribution in [2.24, 2.45) is 0 Å². The third kappa shape index (κ3) is 4.99. The summed E-state index contributed by atoms with van der Waals surface area (Å²) >= 11 is 0. The molecule has 0 aliphatic carbocycles. The van der Waals surface area contributed by atoms with Crippen LogP contribution in [0.4, 0.5) is 0 Å². The number of hydrogen-bond acceptors (Lipinski definition) is 1. The van der Waals surface area contributed by atoms with Gasteiger partial charge in [0.2, 0.25) is 0 Å². The molecule has 0 radical (unpaired) electrons. The highest BCUT2D eigenvalue weighted by Crippen LogP contribution is 2.41. The quantitative estimate of drug-likeness (QED) is 0.173. The zero-order valence-electron chi connectivity index (χ0n) is 30.9. The monoisotopic (exact) mass is 726 g/mol. The van der Waals surface area contributed by atoms with Crippen molar-refractivity contribution in [1.29, 1.82) is 0 Å². The standard InChI is InChI=1S/C54H34N2O/c1-2-12-35(13-3-1)36-24-26-37(27-25-36)38-14-10-16-41(30-38)55-49-21-7-4-18-43(49)46-34-52-47(33-51(46)55)44-19-5-8-22-50(44)56(52)42-17-11-15-39(31-42)40-28-29-54-48(32-40)45-20-6-9-23-53(45)57-54/h1-34H. The zero-order chi connectivity index (χ0) is 37.5. The van der Waals surface area contributed by atoms with Crippen LogP contribution in [0.3, 0.4) is 0 Å². The van der Waals surface area contributed by atoms with Gasteiger partial charge in [0.15, 0.2) is 0 Å². The molecule has 3 nitrogen and oxygen atoms in total. The largest absolute Gasteiger partial charge is 0.456 e. The number of fused-ring (bicyclic) bond motifs is 9. The molecule has 0 bridgehead atoms. The summed E-state index contributed by atoms with van der Waals surface area (Å²) in [4.78, 5) is 0. The Labute approximate surface area is 328 Å². The lowest BCUT2D eigenvalue weighted by Crippen LogP contribution is -1.95. The highest BCUT2D eigenvalue weighted by atomic mass is 16.3. The first kappa shape index (κ1) is 31.7. The van der Waals surface area contributed by atoms with Crippen LogP contribution < -0.4 is 0 Å². The van der Waals surface area contributed by atoms with Gasteiger partial charge in [0.25, 0.3) is 0 Å². The number of hydrogen-bond donors (Lipinski definition) is 0. The van der Waals surface area contributed by atoms with Crippen molar-refractivity contribution < 1.29 is 4.42 Å². The average molecular weight is 727 g/mol. The van der Waals surface area contributed by atoms with Crippen LogP contribution in [0.2, 0.25) is 0 Å². The van der Waals surface area contributed by atoms with E-state index in [1.165, 1.54) is 65.9 Å². The number of rotatable bonds is 5. The first-order chi connectivity index (χ1) is 28.2. The first-order valence-corrected chi connectivity index (χ1v) is 19.5. The molecule has 0 unspecified atom stereocenters. The third-order valence-corrected chi connectivity index (χ3v) is 11.7. The maximum atomic E-state index is 6.16. The van der Waals surface area contributed by atoms with Gasteiger partial charge in [-0.2, -0.15) is 0 Å². The molecule has 0 aliphatic rings. The molecule has 0 amide bonds. The molecule has 0 fully saturated rings. The Morgan fingerprint density at radius 1 is 0.246 bits per heavy atom. The Bertz CT molecular complexity index is 3510. The number of para-hydroxylation sites is 3. The second kappa shape index (κ2) is 12.5. The van der Waals surface area contributed by atoms with Crippen molar-refractivity contribution in [3.63, 3.8) is 0 Å². The molecular formula is C54H34N2O. The predicted octanol–water partition coefficient (Wildman–Crippen LogP) is 14.8. The highest BCUT2D eigenvalue weighted by molar-refractivity contribution is 6.19. The van der Waals surface area contributed by atoms with Crippen molar-refractivity contribution in [1.82, 2.24) is 9.13 Å². The van der Waals surface area contributed by atoms with Crippen LogP contribution in [0.15, 0.2) is 211 Å². The summed E-state index contributed by atoms with van der Waals surface area (Å²) in [6.07, 6.45) is 0. The van der Waals surface area contributed by atoms with Gasteiger partial charge >= 0.3 is 0 Å². The summed E-state index contributed by atoms with van der Waals surface area (Å²) in [5, 5.41) is 7.20. The van der Waals surface area contributed by atoms with Crippen LogP contribution in [0.1, 0.15) is 0 Å². The molecule has 3 heterocycles. The van der Waals surface area contributed by atoms with E-state index in [2.05, 4.69) is 203 Å². The average Bonchev–Trinajstić information content (AvgIpc) is 3.93. The lowest BCUT2D eigenvalue weighted by Gasteiger charge is -2.12. The smallest absolute Gasteiger partial charge is 0.135 e. The van der Waals surface area contributed by atoms with Gasteiger partial charge in [-0.1, -0.05) is 140 Å². The van der Waals surface area contributed by atoms with Gasteiger partial charge in [-0.15, -0.1) is 0 Å². The van der Waals surface area contributed by atoms with Crippen LogP contribution in [-0.4, -0.2) is 9.13 Å². The molecule has 0 saturated carbocycles. The minimum atomic E-state index is 0.908. The van der Waals surface area contributed by atoms with E-state index in [1.54, 1.807) is 0 Å². The van der Waals surface area contributed by atoms with Gasteiger partial charge in [0.05, 0.1) is 22.1 Å². The summed E-state index contributed by atoms with van der Waals surface area (Å²) in [6, 6.07) is 74.6. The molecule has 9 aromatic carbocycles. The van der Waals surface area contributed by atoms with Crippen LogP contribution in [0, 0.1) is 0 Å². The number of furan rings is 1. The second-order valence-electron chi connectivity index (χ2n) is 14.9. The van der Waals surface area contributed by atoms with E-state index < -0.39 is 0 Å². The van der Waals surface area contributed by atoms with Crippen molar-refractivity contribution in [3.05, 3.63) is 206 Å². The van der Waals surface area contributed by atoms with Crippen LogP contribution in [0.25, 0.3) is 110 Å². The summed E-state index contributed by atoms with van der Waals surface area (Å²) in [5.74, 6) is 0. The Hall–Kier alpha value is -7.62. The molecule has 3 aromatic heterocycles. The Kier molecular flexibility index (Phi) is 6.93. The van der Waals surface area contributed by atoms with Crippen LogP contribution in [0.5, 0.6) is 0 Å². The summed E-state index contributed by atoms with van der Waals surface area (Å²) < 4.78 is 11.0.